The van der Waals surface area contributed by atoms with Crippen LogP contribution in [0, 0.1) is 6.92 Å². The fourth-order valence-electron chi connectivity index (χ4n) is 2.39. The average Bonchev–Trinajstić information content (AvgIpc) is 3.04. The summed E-state index contributed by atoms with van der Waals surface area (Å²) in [6.45, 7) is 3.70. The predicted molar refractivity (Wildman–Crippen MR) is 107 cm³/mol. The lowest BCUT2D eigenvalue weighted by molar-refractivity contribution is -0.115. The molecular formula is C17H22N4O5S2. The summed E-state index contributed by atoms with van der Waals surface area (Å²) >= 11 is 1.09. The van der Waals surface area contributed by atoms with E-state index < -0.39 is 32.7 Å². The molecule has 2 rings (SSSR count). The van der Waals surface area contributed by atoms with Crippen LogP contribution in [0.15, 0.2) is 24.3 Å². The Morgan fingerprint density at radius 2 is 1.86 bits per heavy atom. The lowest BCUT2D eigenvalue weighted by atomic mass is 10.2. The first-order chi connectivity index (χ1) is 13.2. The smallest absolute Gasteiger partial charge is 0.244 e. The van der Waals surface area contributed by atoms with Gasteiger partial charge in [0, 0.05) is 12.8 Å². The Labute approximate surface area is 167 Å². The first kappa shape index (κ1) is 21.9. The number of anilines is 2. The third-order valence-electron chi connectivity index (χ3n) is 3.73. The number of nitrogens with one attached hydrogen (secondary N) is 2. The molecule has 0 aliphatic rings. The Bertz CT molecular complexity index is 925. The van der Waals surface area contributed by atoms with E-state index in [0.717, 1.165) is 16.9 Å². The molecule has 0 saturated heterocycles. The highest BCUT2D eigenvalue weighted by Crippen LogP contribution is 2.18. The van der Waals surface area contributed by atoms with Gasteiger partial charge in [-0.15, -0.1) is 10.2 Å². The van der Waals surface area contributed by atoms with Crippen LogP contribution in [-0.4, -0.2) is 48.5 Å². The molecule has 1 aromatic carbocycles. The van der Waals surface area contributed by atoms with Gasteiger partial charge in [0.05, 0.1) is 0 Å². The molecule has 0 spiro atoms. The van der Waals surface area contributed by atoms with E-state index in [0.29, 0.717) is 10.7 Å². The van der Waals surface area contributed by atoms with Crippen molar-refractivity contribution in [1.82, 2.24) is 10.2 Å². The summed E-state index contributed by atoms with van der Waals surface area (Å²) in [6.07, 6.45) is 0.0235. The number of hydrogen-bond donors (Lipinski definition) is 2. The van der Waals surface area contributed by atoms with Gasteiger partial charge in [-0.05, 0) is 25.5 Å². The largest absolute Gasteiger partial charge is 0.377 e. The molecule has 0 aliphatic carbocycles. The Balaban J connectivity index is 2.02. The first-order valence-corrected chi connectivity index (χ1v) is 11.0. The van der Waals surface area contributed by atoms with E-state index in [9.17, 15) is 18.0 Å². The van der Waals surface area contributed by atoms with Gasteiger partial charge >= 0.3 is 0 Å². The van der Waals surface area contributed by atoms with E-state index in [1.54, 1.807) is 31.2 Å². The number of ether oxygens (including phenoxy) is 1. The topological polar surface area (TPSA) is 127 Å². The molecule has 2 aromatic rings. The highest BCUT2D eigenvalue weighted by atomic mass is 32.2. The highest BCUT2D eigenvalue weighted by molar-refractivity contribution is 7.93. The third-order valence-corrected chi connectivity index (χ3v) is 6.62. The maximum atomic E-state index is 12.6. The third kappa shape index (κ3) is 6.08. The van der Waals surface area contributed by atoms with Crippen molar-refractivity contribution in [2.45, 2.75) is 32.1 Å². The van der Waals surface area contributed by atoms with E-state index in [1.807, 2.05) is 6.92 Å². The van der Waals surface area contributed by atoms with Crippen molar-refractivity contribution in [2.24, 2.45) is 0 Å². The lowest BCUT2D eigenvalue weighted by Crippen LogP contribution is -2.39. The van der Waals surface area contributed by atoms with Crippen LogP contribution in [-0.2, 0) is 30.8 Å². The van der Waals surface area contributed by atoms with Gasteiger partial charge in [0.1, 0.15) is 22.6 Å². The molecule has 2 amide bonds. The van der Waals surface area contributed by atoms with Crippen LogP contribution < -0.4 is 10.6 Å². The Morgan fingerprint density at radius 1 is 1.18 bits per heavy atom. The van der Waals surface area contributed by atoms with Gasteiger partial charge in [0.2, 0.25) is 16.9 Å². The van der Waals surface area contributed by atoms with Crippen LogP contribution >= 0.6 is 11.3 Å². The number of aryl methyl sites for hydroxylation is 1. The maximum Gasteiger partial charge on any atom is 0.244 e. The number of methoxy groups -OCH3 is 1. The molecule has 11 heteroatoms. The number of sulfone groups is 1. The maximum absolute atomic E-state index is 12.6. The normalized spacial score (nSPS) is 12.4. The van der Waals surface area contributed by atoms with Crippen LogP contribution in [0.3, 0.4) is 0 Å². The van der Waals surface area contributed by atoms with Gasteiger partial charge in [0.15, 0.2) is 9.84 Å². The molecule has 0 fully saturated rings. The molecule has 152 valence electrons. The van der Waals surface area contributed by atoms with Crippen molar-refractivity contribution in [3.8, 4) is 0 Å². The fraction of sp³-hybridized carbons (Fsp3) is 0.412. The minimum atomic E-state index is -4.02. The molecule has 28 heavy (non-hydrogen) atoms. The van der Waals surface area contributed by atoms with Gasteiger partial charge in [-0.3, -0.25) is 14.9 Å². The van der Waals surface area contributed by atoms with Crippen LogP contribution in [0.25, 0.3) is 0 Å². The molecule has 2 N–H and O–H groups in total. The monoisotopic (exact) mass is 426 g/mol. The van der Waals surface area contributed by atoms with Crippen LogP contribution in [0.5, 0.6) is 0 Å². The standard InChI is InChI=1S/C17H22N4O5S2/c1-4-13(16(23)19-17-21-20-15(27-17)9-26-3)28(24,25)10-14(22)18-12-7-5-11(2)6-8-12/h5-8,13H,4,9-10H2,1-3H3,(H,18,22)(H,19,21,23). The van der Waals surface area contributed by atoms with Crippen molar-refractivity contribution in [3.63, 3.8) is 0 Å². The molecule has 1 unspecified atom stereocenters. The van der Waals surface area contributed by atoms with E-state index in [-0.39, 0.29) is 18.2 Å². The fourth-order valence-corrected chi connectivity index (χ4v) is 4.64. The number of hydrogen-bond acceptors (Lipinski definition) is 8. The minimum absolute atomic E-state index is 0.0235. The van der Waals surface area contributed by atoms with E-state index in [1.165, 1.54) is 7.11 Å². The van der Waals surface area contributed by atoms with Gasteiger partial charge in [-0.1, -0.05) is 36.0 Å². The van der Waals surface area contributed by atoms with Crippen LogP contribution in [0.2, 0.25) is 0 Å². The van der Waals surface area contributed by atoms with Crippen molar-refractivity contribution < 1.29 is 22.7 Å². The summed E-state index contributed by atoms with van der Waals surface area (Å²) in [5, 5.41) is 11.9. The summed E-state index contributed by atoms with van der Waals surface area (Å²) in [6, 6.07) is 6.95. The average molecular weight is 427 g/mol. The molecule has 9 nitrogen and oxygen atoms in total. The molecule has 0 radical (unpaired) electrons. The van der Waals surface area contributed by atoms with E-state index >= 15 is 0 Å². The first-order valence-electron chi connectivity index (χ1n) is 8.45. The second kappa shape index (κ2) is 9.71. The summed E-state index contributed by atoms with van der Waals surface area (Å²) in [5.74, 6) is -2.24. The van der Waals surface area contributed by atoms with E-state index in [2.05, 4.69) is 20.8 Å². The quantitative estimate of drug-likeness (QED) is 0.625. The minimum Gasteiger partial charge on any atom is -0.377 e. The summed E-state index contributed by atoms with van der Waals surface area (Å²) in [5.41, 5.74) is 1.50. The second-order valence-electron chi connectivity index (χ2n) is 6.04. The zero-order chi connectivity index (χ0) is 20.7. The van der Waals surface area contributed by atoms with Gasteiger partial charge in [0.25, 0.3) is 0 Å². The van der Waals surface area contributed by atoms with Crippen molar-refractivity contribution in [3.05, 3.63) is 34.8 Å². The Kier molecular flexibility index (Phi) is 7.61. The number of amides is 2. The second-order valence-corrected chi connectivity index (χ2v) is 9.29. The number of nitrogens with zero attached hydrogens (tertiary/aromatic N) is 2. The van der Waals surface area contributed by atoms with Crippen LogP contribution in [0.4, 0.5) is 10.8 Å². The number of aromatic nitrogens is 2. The molecule has 0 bridgehead atoms. The SMILES string of the molecule is CCC(C(=O)Nc1nnc(COC)s1)S(=O)(=O)CC(=O)Nc1ccc(C)cc1. The highest BCUT2D eigenvalue weighted by Gasteiger charge is 2.33. The molecule has 1 aromatic heterocycles. The number of benzene rings is 1. The van der Waals surface area contributed by atoms with Gasteiger partial charge < -0.3 is 10.1 Å². The molecule has 0 aliphatic heterocycles. The van der Waals surface area contributed by atoms with Gasteiger partial charge in [-0.25, -0.2) is 8.42 Å². The van der Waals surface area contributed by atoms with Crippen LogP contribution in [0.1, 0.15) is 23.9 Å². The summed E-state index contributed by atoms with van der Waals surface area (Å²) < 4.78 is 30.1. The van der Waals surface area contributed by atoms with Crippen molar-refractivity contribution in [2.75, 3.05) is 23.5 Å². The molecule has 0 saturated carbocycles. The Morgan fingerprint density at radius 3 is 2.46 bits per heavy atom. The van der Waals surface area contributed by atoms with Crippen molar-refractivity contribution in [1.29, 1.82) is 0 Å². The van der Waals surface area contributed by atoms with Crippen molar-refractivity contribution >= 4 is 43.8 Å². The number of carbonyl (C=O) groups is 2. The van der Waals surface area contributed by atoms with E-state index in [4.69, 9.17) is 4.74 Å². The molecular weight excluding hydrogens is 404 g/mol. The number of rotatable bonds is 9. The zero-order valence-corrected chi connectivity index (χ0v) is 17.4. The van der Waals surface area contributed by atoms with Gasteiger partial charge in [-0.2, -0.15) is 0 Å². The predicted octanol–water partition coefficient (Wildman–Crippen LogP) is 1.76. The zero-order valence-electron chi connectivity index (χ0n) is 15.8. The summed E-state index contributed by atoms with van der Waals surface area (Å²) in [4.78, 5) is 24.6. The molecule has 1 atom stereocenters. The molecule has 1 heterocycles. The lowest BCUT2D eigenvalue weighted by Gasteiger charge is -2.14. The Hall–Kier alpha value is -2.37. The summed E-state index contributed by atoms with van der Waals surface area (Å²) in [7, 11) is -2.51. The number of carbonyl (C=O) groups excluding carboxylic acids is 2.